The highest BCUT2D eigenvalue weighted by atomic mass is 35.5. The highest BCUT2D eigenvalue weighted by molar-refractivity contribution is 5.95. The van der Waals surface area contributed by atoms with Gasteiger partial charge >= 0.3 is 5.97 Å². The van der Waals surface area contributed by atoms with Crippen LogP contribution in [0.25, 0.3) is 0 Å². The van der Waals surface area contributed by atoms with E-state index >= 15 is 0 Å². The number of esters is 1. The van der Waals surface area contributed by atoms with Gasteiger partial charge in [0.15, 0.2) is 0 Å². The largest absolute Gasteiger partial charge is 0.461 e. The zero-order valence-electron chi connectivity index (χ0n) is 10.8. The Kier molecular flexibility index (Phi) is 4.17. The molecular formula is C13H18ClN3O2. The van der Waals surface area contributed by atoms with E-state index in [1.807, 2.05) is 13.1 Å². The Morgan fingerprint density at radius 2 is 2.32 bits per heavy atom. The number of carbonyl (C=O) groups excluding carboxylic acids is 1. The standard InChI is InChI=1S/C13H17N3O2.ClH/c1-2-18-13(17)12-11-9(6-15-12)5-8-3-4-14-7-10(8)16-11;/h6,14-16H,2-5,7H2,1H3;1H. The number of H-pyrrole nitrogens is 1. The molecule has 0 spiro atoms. The van der Waals surface area contributed by atoms with E-state index in [1.54, 1.807) is 0 Å². The second kappa shape index (κ2) is 5.67. The van der Waals surface area contributed by atoms with Crippen LogP contribution in [0.2, 0.25) is 0 Å². The number of aromatic nitrogens is 1. The first kappa shape index (κ1) is 14.0. The molecule has 1 aromatic rings. The third-order valence-corrected chi connectivity index (χ3v) is 3.45. The molecule has 0 bridgehead atoms. The molecule has 3 N–H and O–H groups in total. The molecule has 0 amide bonds. The summed E-state index contributed by atoms with van der Waals surface area (Å²) < 4.78 is 5.05. The lowest BCUT2D eigenvalue weighted by molar-refractivity contribution is 0.0521. The molecule has 0 aliphatic carbocycles. The molecule has 3 heterocycles. The van der Waals surface area contributed by atoms with Crippen molar-refractivity contribution in [3.05, 3.63) is 28.7 Å². The highest BCUT2D eigenvalue weighted by Crippen LogP contribution is 2.33. The summed E-state index contributed by atoms with van der Waals surface area (Å²) in [7, 11) is 0. The minimum atomic E-state index is -0.293. The van der Waals surface area contributed by atoms with Gasteiger partial charge in [0.25, 0.3) is 0 Å². The summed E-state index contributed by atoms with van der Waals surface area (Å²) in [6, 6.07) is 0. The molecule has 0 saturated heterocycles. The van der Waals surface area contributed by atoms with Gasteiger partial charge in [0.2, 0.25) is 0 Å². The lowest BCUT2D eigenvalue weighted by Crippen LogP contribution is -2.31. The summed E-state index contributed by atoms with van der Waals surface area (Å²) in [6.45, 7) is 4.09. The smallest absolute Gasteiger partial charge is 0.356 e. The van der Waals surface area contributed by atoms with E-state index < -0.39 is 0 Å². The first-order valence-electron chi connectivity index (χ1n) is 6.35. The van der Waals surface area contributed by atoms with E-state index in [0.29, 0.717) is 12.3 Å². The molecule has 3 rings (SSSR count). The van der Waals surface area contributed by atoms with Gasteiger partial charge < -0.3 is 20.4 Å². The number of nitrogens with one attached hydrogen (secondary N) is 3. The van der Waals surface area contributed by atoms with Crippen molar-refractivity contribution in [3.63, 3.8) is 0 Å². The third-order valence-electron chi connectivity index (χ3n) is 3.45. The predicted octanol–water partition coefficient (Wildman–Crippen LogP) is 1.83. The number of halogens is 1. The van der Waals surface area contributed by atoms with Crippen molar-refractivity contribution >= 4 is 24.1 Å². The van der Waals surface area contributed by atoms with Crippen LogP contribution in [-0.2, 0) is 11.2 Å². The molecule has 0 fully saturated rings. The van der Waals surface area contributed by atoms with E-state index in [0.717, 1.165) is 37.2 Å². The summed E-state index contributed by atoms with van der Waals surface area (Å²) in [5.41, 5.74) is 5.22. The molecule has 2 aliphatic rings. The molecule has 1 aromatic heterocycles. The number of ether oxygens (including phenoxy) is 1. The van der Waals surface area contributed by atoms with Gasteiger partial charge in [-0.25, -0.2) is 4.79 Å². The average Bonchev–Trinajstić information content (AvgIpc) is 2.79. The van der Waals surface area contributed by atoms with Gasteiger partial charge in [-0.3, -0.25) is 0 Å². The van der Waals surface area contributed by atoms with Crippen molar-refractivity contribution in [2.24, 2.45) is 0 Å². The van der Waals surface area contributed by atoms with Gasteiger partial charge in [0.05, 0.1) is 12.3 Å². The summed E-state index contributed by atoms with van der Waals surface area (Å²) >= 11 is 0. The van der Waals surface area contributed by atoms with Crippen molar-refractivity contribution in [3.8, 4) is 0 Å². The topological polar surface area (TPSA) is 66.2 Å². The Bertz CT molecular complexity index is 522. The summed E-state index contributed by atoms with van der Waals surface area (Å²) in [4.78, 5) is 14.8. The maximum Gasteiger partial charge on any atom is 0.356 e. The van der Waals surface area contributed by atoms with Crippen LogP contribution < -0.4 is 10.6 Å². The van der Waals surface area contributed by atoms with E-state index in [-0.39, 0.29) is 18.4 Å². The Hall–Kier alpha value is -1.46. The van der Waals surface area contributed by atoms with Gasteiger partial charge in [0, 0.05) is 18.4 Å². The molecule has 2 aliphatic heterocycles. The van der Waals surface area contributed by atoms with Crippen LogP contribution in [0.5, 0.6) is 0 Å². The van der Waals surface area contributed by atoms with Gasteiger partial charge in [-0.15, -0.1) is 12.4 Å². The average molecular weight is 284 g/mol. The Balaban J connectivity index is 0.00000133. The molecule has 19 heavy (non-hydrogen) atoms. The molecule has 0 atom stereocenters. The van der Waals surface area contributed by atoms with Crippen molar-refractivity contribution in [1.29, 1.82) is 0 Å². The lowest BCUT2D eigenvalue weighted by Gasteiger charge is -2.27. The molecular weight excluding hydrogens is 266 g/mol. The van der Waals surface area contributed by atoms with Crippen molar-refractivity contribution in [2.45, 2.75) is 19.8 Å². The van der Waals surface area contributed by atoms with Crippen LogP contribution in [0.3, 0.4) is 0 Å². The van der Waals surface area contributed by atoms with E-state index in [4.69, 9.17) is 4.74 Å². The fourth-order valence-corrected chi connectivity index (χ4v) is 2.55. The third kappa shape index (κ3) is 2.48. The van der Waals surface area contributed by atoms with Gasteiger partial charge in [-0.1, -0.05) is 0 Å². The van der Waals surface area contributed by atoms with Crippen molar-refractivity contribution in [2.75, 3.05) is 25.0 Å². The van der Waals surface area contributed by atoms with Crippen LogP contribution in [0.1, 0.15) is 29.4 Å². The monoisotopic (exact) mass is 283 g/mol. The summed E-state index contributed by atoms with van der Waals surface area (Å²) in [5, 5.41) is 6.71. The van der Waals surface area contributed by atoms with Gasteiger partial charge in [-0.05, 0) is 37.4 Å². The maximum atomic E-state index is 11.8. The zero-order chi connectivity index (χ0) is 12.5. The molecule has 0 aromatic carbocycles. The van der Waals surface area contributed by atoms with Crippen LogP contribution in [0.4, 0.5) is 5.69 Å². The second-order valence-corrected chi connectivity index (χ2v) is 4.60. The van der Waals surface area contributed by atoms with Crippen molar-refractivity contribution < 1.29 is 9.53 Å². The fourth-order valence-electron chi connectivity index (χ4n) is 2.55. The first-order valence-corrected chi connectivity index (χ1v) is 6.35. The number of hydrogen-bond acceptors (Lipinski definition) is 4. The van der Waals surface area contributed by atoms with E-state index in [2.05, 4.69) is 15.6 Å². The van der Waals surface area contributed by atoms with Gasteiger partial charge in [-0.2, -0.15) is 0 Å². The SMILES string of the molecule is CCOC(=O)c1[nH]cc2c1NC1=C(CCNC1)C2.Cl. The minimum Gasteiger partial charge on any atom is -0.461 e. The molecule has 0 saturated carbocycles. The van der Waals surface area contributed by atoms with Crippen LogP contribution in [0, 0.1) is 0 Å². The molecule has 6 heteroatoms. The molecule has 104 valence electrons. The molecule has 0 unspecified atom stereocenters. The summed E-state index contributed by atoms with van der Waals surface area (Å²) in [6.07, 6.45) is 3.90. The van der Waals surface area contributed by atoms with Crippen molar-refractivity contribution in [1.82, 2.24) is 10.3 Å². The minimum absolute atomic E-state index is 0. The normalized spacial score (nSPS) is 16.9. The van der Waals surface area contributed by atoms with E-state index in [1.165, 1.54) is 11.3 Å². The molecule has 5 nitrogen and oxygen atoms in total. The second-order valence-electron chi connectivity index (χ2n) is 4.60. The number of anilines is 1. The number of aromatic amines is 1. The number of rotatable bonds is 2. The lowest BCUT2D eigenvalue weighted by atomic mass is 9.95. The van der Waals surface area contributed by atoms with Crippen LogP contribution in [0.15, 0.2) is 17.5 Å². The highest BCUT2D eigenvalue weighted by Gasteiger charge is 2.26. The van der Waals surface area contributed by atoms with Gasteiger partial charge in [0.1, 0.15) is 5.69 Å². The molecule has 0 radical (unpaired) electrons. The van der Waals surface area contributed by atoms with Crippen LogP contribution >= 0.6 is 12.4 Å². The summed E-state index contributed by atoms with van der Waals surface area (Å²) in [5.74, 6) is -0.293. The number of fused-ring (bicyclic) bond motifs is 1. The predicted molar refractivity (Wildman–Crippen MR) is 75.8 cm³/mol. The number of hydrogen-bond donors (Lipinski definition) is 3. The number of carbonyl (C=O) groups is 1. The Labute approximate surface area is 118 Å². The van der Waals surface area contributed by atoms with E-state index in [9.17, 15) is 4.79 Å². The zero-order valence-corrected chi connectivity index (χ0v) is 11.7. The van der Waals surface area contributed by atoms with Crippen LogP contribution in [-0.4, -0.2) is 30.6 Å². The quantitative estimate of drug-likeness (QED) is 0.725. The maximum absolute atomic E-state index is 11.8. The Morgan fingerprint density at radius 1 is 1.47 bits per heavy atom. The fraction of sp³-hybridized carbons (Fsp3) is 0.462. The Morgan fingerprint density at radius 3 is 3.11 bits per heavy atom. The first-order chi connectivity index (χ1) is 8.79.